The summed E-state index contributed by atoms with van der Waals surface area (Å²) in [5.41, 5.74) is 7.81. The van der Waals surface area contributed by atoms with Gasteiger partial charge in [-0.15, -0.1) is 0 Å². The molecular weight excluding hydrogens is 398 g/mol. The van der Waals surface area contributed by atoms with Crippen LogP contribution in [-0.4, -0.2) is 35.4 Å². The van der Waals surface area contributed by atoms with Crippen molar-refractivity contribution in [1.29, 1.82) is 0 Å². The normalized spacial score (nSPS) is 41.6. The van der Waals surface area contributed by atoms with Crippen LogP contribution in [0.4, 0.5) is 8.78 Å². The Balaban J connectivity index is 1.50. The van der Waals surface area contributed by atoms with Crippen molar-refractivity contribution < 1.29 is 8.78 Å². The van der Waals surface area contributed by atoms with E-state index in [-0.39, 0.29) is 40.5 Å². The molecule has 1 saturated heterocycles. The molecule has 0 spiro atoms. The molecule has 164 valence electrons. The third-order valence-electron chi connectivity index (χ3n) is 9.24. The Morgan fingerprint density at radius 2 is 1.93 bits per heavy atom. The summed E-state index contributed by atoms with van der Waals surface area (Å²) < 4.78 is 27.0. The largest absolute Gasteiger partial charge is 0.365 e. The van der Waals surface area contributed by atoms with E-state index in [1.54, 1.807) is 0 Å². The van der Waals surface area contributed by atoms with Gasteiger partial charge in [-0.3, -0.25) is 0 Å². The van der Waals surface area contributed by atoms with Crippen molar-refractivity contribution in [3.05, 3.63) is 35.9 Å². The van der Waals surface area contributed by atoms with Crippen LogP contribution in [0.1, 0.15) is 57.9 Å². The van der Waals surface area contributed by atoms with Crippen molar-refractivity contribution >= 4 is 17.2 Å². The highest BCUT2D eigenvalue weighted by Gasteiger charge is 2.70. The van der Waals surface area contributed by atoms with Crippen LogP contribution in [0.25, 0.3) is 0 Å². The van der Waals surface area contributed by atoms with Crippen LogP contribution in [0.2, 0.25) is 0 Å². The molecule has 0 aromatic heterocycles. The third-order valence-corrected chi connectivity index (χ3v) is 9.90. The van der Waals surface area contributed by atoms with Gasteiger partial charge < -0.3 is 10.6 Å². The molecule has 1 aromatic carbocycles. The number of likely N-dealkylation sites (tertiary alicyclic amines) is 1. The first-order valence-electron chi connectivity index (χ1n) is 11.6. The molecule has 1 aromatic rings. The maximum atomic E-state index is 13.5. The summed E-state index contributed by atoms with van der Waals surface area (Å²) in [4.78, 5) is 3.46. The first-order valence-corrected chi connectivity index (χ1v) is 12.0. The molecule has 4 bridgehead atoms. The molecule has 0 radical (unpaired) electrons. The van der Waals surface area contributed by atoms with E-state index in [1.807, 2.05) is 0 Å². The molecule has 4 saturated carbocycles. The van der Waals surface area contributed by atoms with Crippen LogP contribution in [0.5, 0.6) is 0 Å². The lowest BCUT2D eigenvalue weighted by Gasteiger charge is -2.49. The predicted octanol–water partition coefficient (Wildman–Crippen LogP) is 5.40. The van der Waals surface area contributed by atoms with Crippen molar-refractivity contribution in [1.82, 2.24) is 4.90 Å². The fraction of sp³-hybridized carbons (Fsp3) is 0.720. The van der Waals surface area contributed by atoms with E-state index >= 15 is 0 Å². The molecule has 0 amide bonds. The molecular formula is C25H34F2N2S. The number of rotatable bonds is 4. The number of halogens is 2. The molecule has 5 heteroatoms. The van der Waals surface area contributed by atoms with E-state index < -0.39 is 6.43 Å². The topological polar surface area (TPSA) is 29.3 Å². The molecule has 1 aliphatic heterocycles. The number of alkyl halides is 2. The Morgan fingerprint density at radius 3 is 2.60 bits per heavy atom. The van der Waals surface area contributed by atoms with Crippen molar-refractivity contribution in [2.75, 3.05) is 13.1 Å². The number of hydrogen-bond acceptors (Lipinski definition) is 2. The fourth-order valence-corrected chi connectivity index (χ4v) is 8.38. The minimum atomic E-state index is -2.22. The van der Waals surface area contributed by atoms with Crippen LogP contribution in [0, 0.1) is 28.6 Å². The SMILES string of the molecule is CC1(C)CN(C(=S)C23CC4CC(c5ccccc5)(CC2C4CC(F)F)C3)CC[C@@H]1N. The van der Waals surface area contributed by atoms with Crippen LogP contribution >= 0.6 is 12.2 Å². The Bertz CT molecular complexity index is 828. The molecule has 1 heterocycles. The molecule has 5 aliphatic rings. The van der Waals surface area contributed by atoms with Gasteiger partial charge in [0.15, 0.2) is 0 Å². The van der Waals surface area contributed by atoms with E-state index in [0.717, 1.165) is 50.2 Å². The average molecular weight is 433 g/mol. The van der Waals surface area contributed by atoms with Crippen molar-refractivity contribution in [3.8, 4) is 0 Å². The van der Waals surface area contributed by atoms with Gasteiger partial charge in [-0.2, -0.15) is 0 Å². The first kappa shape index (κ1) is 20.8. The van der Waals surface area contributed by atoms with Crippen LogP contribution in [0.15, 0.2) is 30.3 Å². The predicted molar refractivity (Wildman–Crippen MR) is 121 cm³/mol. The van der Waals surface area contributed by atoms with Gasteiger partial charge in [0, 0.05) is 31.0 Å². The van der Waals surface area contributed by atoms with Gasteiger partial charge in [0.2, 0.25) is 6.43 Å². The van der Waals surface area contributed by atoms with E-state index in [1.165, 1.54) is 5.56 Å². The van der Waals surface area contributed by atoms with E-state index in [9.17, 15) is 8.78 Å². The number of nitrogens with two attached hydrogens (primary N) is 1. The van der Waals surface area contributed by atoms with E-state index in [2.05, 4.69) is 49.1 Å². The molecule has 30 heavy (non-hydrogen) atoms. The molecule has 2 N–H and O–H groups in total. The lowest BCUT2D eigenvalue weighted by Crippen LogP contribution is -2.56. The third kappa shape index (κ3) is 2.98. The zero-order valence-electron chi connectivity index (χ0n) is 18.1. The lowest BCUT2D eigenvalue weighted by molar-refractivity contribution is 0.0661. The maximum absolute atomic E-state index is 13.5. The van der Waals surface area contributed by atoms with Gasteiger partial charge in [0.25, 0.3) is 0 Å². The highest BCUT2D eigenvalue weighted by Crippen LogP contribution is 2.74. The summed E-state index contributed by atoms with van der Waals surface area (Å²) in [5.74, 6) is 0.767. The van der Waals surface area contributed by atoms with Gasteiger partial charge in [0.05, 0.1) is 4.99 Å². The highest BCUT2D eigenvalue weighted by molar-refractivity contribution is 7.80. The minimum Gasteiger partial charge on any atom is -0.365 e. The zero-order valence-corrected chi connectivity index (χ0v) is 18.9. The van der Waals surface area contributed by atoms with Crippen molar-refractivity contribution in [2.24, 2.45) is 34.3 Å². The highest BCUT2D eigenvalue weighted by atomic mass is 32.1. The number of benzene rings is 1. The monoisotopic (exact) mass is 432 g/mol. The number of piperidine rings is 1. The average Bonchev–Trinajstić information content (AvgIpc) is 3.07. The first-order chi connectivity index (χ1) is 14.2. The van der Waals surface area contributed by atoms with E-state index in [4.69, 9.17) is 18.0 Å². The van der Waals surface area contributed by atoms with Gasteiger partial charge in [-0.05, 0) is 66.3 Å². The summed E-state index contributed by atoms with van der Waals surface area (Å²) in [6.45, 7) is 6.24. The molecule has 6 rings (SSSR count). The van der Waals surface area contributed by atoms with Gasteiger partial charge in [-0.25, -0.2) is 8.78 Å². The van der Waals surface area contributed by atoms with Gasteiger partial charge in [-0.1, -0.05) is 56.4 Å². The molecule has 5 unspecified atom stereocenters. The molecule has 4 aliphatic carbocycles. The fourth-order valence-electron chi connectivity index (χ4n) is 7.91. The molecule has 6 atom stereocenters. The second-order valence-corrected chi connectivity index (χ2v) is 11.7. The Morgan fingerprint density at radius 1 is 1.20 bits per heavy atom. The quantitative estimate of drug-likeness (QED) is 0.646. The summed E-state index contributed by atoms with van der Waals surface area (Å²) in [5, 5.41) is 0. The number of hydrogen-bond donors (Lipinski definition) is 1. The summed E-state index contributed by atoms with van der Waals surface area (Å²) in [7, 11) is 0. The zero-order chi connectivity index (χ0) is 21.3. The minimum absolute atomic E-state index is 0.0219. The van der Waals surface area contributed by atoms with E-state index in [0.29, 0.717) is 5.92 Å². The number of thiocarbonyl (C=S) groups is 1. The molecule has 5 fully saturated rings. The van der Waals surface area contributed by atoms with Crippen molar-refractivity contribution in [2.45, 2.75) is 70.3 Å². The van der Waals surface area contributed by atoms with Crippen LogP contribution < -0.4 is 5.73 Å². The Kier molecular flexibility index (Phi) is 4.83. The number of nitrogens with zero attached hydrogens (tertiary/aromatic N) is 1. The Hall–Kier alpha value is -1.07. The van der Waals surface area contributed by atoms with Crippen molar-refractivity contribution in [3.63, 3.8) is 0 Å². The van der Waals surface area contributed by atoms with Crippen LogP contribution in [-0.2, 0) is 5.41 Å². The standard InChI is InChI=1S/C25H34F2N2S/c1-23(2)15-29(9-8-20(23)28)22(30)25-12-16-11-24(14-25,17-6-4-3-5-7-17)13-19(25)18(16)10-21(26)27/h3-7,16,18-21H,8-15,28H2,1-2H3/t16?,18?,19?,20-,24?,25?/m0/s1. The molecule has 2 nitrogen and oxygen atoms in total. The summed E-state index contributed by atoms with van der Waals surface area (Å²) >= 11 is 6.24. The summed E-state index contributed by atoms with van der Waals surface area (Å²) in [6, 6.07) is 11.0. The lowest BCUT2D eigenvalue weighted by atomic mass is 9.61. The smallest absolute Gasteiger partial charge is 0.238 e. The maximum Gasteiger partial charge on any atom is 0.238 e. The van der Waals surface area contributed by atoms with Gasteiger partial charge in [0.1, 0.15) is 0 Å². The second kappa shape index (κ2) is 6.96. The second-order valence-electron chi connectivity index (χ2n) is 11.4. The Labute approximate surface area is 184 Å². The van der Waals surface area contributed by atoms with Crippen LogP contribution in [0.3, 0.4) is 0 Å². The van der Waals surface area contributed by atoms with Gasteiger partial charge >= 0.3 is 0 Å². The summed E-state index contributed by atoms with van der Waals surface area (Å²) in [6.07, 6.45) is 2.87.